The van der Waals surface area contributed by atoms with Crippen LogP contribution in [0.15, 0.2) is 22.1 Å². The monoisotopic (exact) mass is 542 g/mol. The maximum atomic E-state index is 13.1. The molecule has 27 heavy (non-hydrogen) atoms. The largest absolute Gasteiger partial charge is 0.351 e. The van der Waals surface area contributed by atoms with Crippen LogP contribution in [0.4, 0.5) is 8.78 Å². The SMILES string of the molecule is C=C(F)c1sc(C(OC)OC)c(C)c1Br.C=C(F)c1sc(C=O)c(C)c1Br. The molecule has 0 bridgehead atoms. The zero-order valence-corrected chi connectivity index (χ0v) is 19.9. The van der Waals surface area contributed by atoms with Crippen LogP contribution in [0, 0.1) is 13.8 Å². The number of carbonyl (C=O) groups is 1. The van der Waals surface area contributed by atoms with Gasteiger partial charge in [-0.3, -0.25) is 4.79 Å². The van der Waals surface area contributed by atoms with Crippen LogP contribution >= 0.6 is 54.5 Å². The first-order valence-electron chi connectivity index (χ1n) is 7.38. The summed E-state index contributed by atoms with van der Waals surface area (Å²) in [6.45, 7) is 10.1. The smallest absolute Gasteiger partial charge is 0.192 e. The minimum atomic E-state index is -0.511. The van der Waals surface area contributed by atoms with E-state index in [0.717, 1.165) is 33.6 Å². The molecule has 0 saturated heterocycles. The first kappa shape index (κ1) is 24.3. The van der Waals surface area contributed by atoms with Crippen molar-refractivity contribution in [3.63, 3.8) is 0 Å². The third-order valence-electron chi connectivity index (χ3n) is 3.46. The number of rotatable bonds is 6. The minimum Gasteiger partial charge on any atom is -0.351 e. The highest BCUT2D eigenvalue weighted by atomic mass is 79.9. The molecule has 0 fully saturated rings. The second kappa shape index (κ2) is 10.7. The molecule has 0 spiro atoms. The van der Waals surface area contributed by atoms with Crippen LogP contribution in [0.25, 0.3) is 11.7 Å². The van der Waals surface area contributed by atoms with Gasteiger partial charge < -0.3 is 9.47 Å². The predicted molar refractivity (Wildman–Crippen MR) is 116 cm³/mol. The molecule has 3 nitrogen and oxygen atoms in total. The van der Waals surface area contributed by atoms with E-state index in [1.807, 2.05) is 6.92 Å². The number of hydrogen-bond acceptors (Lipinski definition) is 5. The Morgan fingerprint density at radius 1 is 1.00 bits per heavy atom. The summed E-state index contributed by atoms with van der Waals surface area (Å²) in [5.41, 5.74) is 1.69. The molecule has 2 aromatic rings. The minimum absolute atomic E-state index is 0.398. The Morgan fingerprint density at radius 3 is 1.74 bits per heavy atom. The topological polar surface area (TPSA) is 35.5 Å². The van der Waals surface area contributed by atoms with Gasteiger partial charge >= 0.3 is 0 Å². The fraction of sp³-hybridized carbons (Fsp3) is 0.278. The van der Waals surface area contributed by atoms with Gasteiger partial charge in [0, 0.05) is 23.2 Å². The summed E-state index contributed by atoms with van der Waals surface area (Å²) < 4.78 is 37.4. The summed E-state index contributed by atoms with van der Waals surface area (Å²) in [6.07, 6.45) is 0.261. The van der Waals surface area contributed by atoms with E-state index in [1.54, 1.807) is 21.1 Å². The van der Waals surface area contributed by atoms with Crippen molar-refractivity contribution in [2.24, 2.45) is 0 Å². The fourth-order valence-electron chi connectivity index (χ4n) is 2.02. The number of thiophene rings is 2. The van der Waals surface area contributed by atoms with Crippen LogP contribution in [-0.4, -0.2) is 20.5 Å². The van der Waals surface area contributed by atoms with Crippen LogP contribution in [0.5, 0.6) is 0 Å². The van der Waals surface area contributed by atoms with E-state index in [9.17, 15) is 13.6 Å². The molecule has 0 aliphatic rings. The lowest BCUT2D eigenvalue weighted by molar-refractivity contribution is -0.103. The average molecular weight is 544 g/mol. The Labute approximate surface area is 182 Å². The van der Waals surface area contributed by atoms with Crippen molar-refractivity contribution < 1.29 is 23.0 Å². The van der Waals surface area contributed by atoms with Gasteiger partial charge in [0.05, 0.1) is 19.5 Å². The Bertz CT molecular complexity index is 855. The van der Waals surface area contributed by atoms with Crippen molar-refractivity contribution in [1.82, 2.24) is 0 Å². The van der Waals surface area contributed by atoms with Gasteiger partial charge in [-0.1, -0.05) is 13.2 Å². The highest BCUT2D eigenvalue weighted by Gasteiger charge is 2.21. The molecule has 2 heterocycles. The normalized spacial score (nSPS) is 10.6. The van der Waals surface area contributed by atoms with Crippen LogP contribution in [0.3, 0.4) is 0 Å². The van der Waals surface area contributed by atoms with Crippen molar-refractivity contribution in [2.75, 3.05) is 14.2 Å². The number of carbonyl (C=O) groups excluding carboxylic acids is 1. The Kier molecular flexibility index (Phi) is 9.67. The third kappa shape index (κ3) is 5.65. The van der Waals surface area contributed by atoms with Crippen molar-refractivity contribution >= 4 is 72.5 Å². The van der Waals surface area contributed by atoms with Crippen molar-refractivity contribution in [3.05, 3.63) is 52.7 Å². The lowest BCUT2D eigenvalue weighted by atomic mass is 10.2. The highest BCUT2D eigenvalue weighted by Crippen LogP contribution is 2.41. The zero-order chi connectivity index (χ0) is 20.9. The summed E-state index contributed by atoms with van der Waals surface area (Å²) in [6, 6.07) is 0. The van der Waals surface area contributed by atoms with E-state index in [1.165, 1.54) is 11.3 Å². The number of halogens is 4. The highest BCUT2D eigenvalue weighted by molar-refractivity contribution is 9.11. The molecule has 0 amide bonds. The molecule has 0 atom stereocenters. The second-order valence-corrected chi connectivity index (χ2v) is 8.89. The maximum Gasteiger partial charge on any atom is 0.192 e. The molecule has 0 saturated carbocycles. The molecule has 148 valence electrons. The fourth-order valence-corrected chi connectivity index (χ4v) is 5.62. The predicted octanol–water partition coefficient (Wildman–Crippen LogP) is 7.62. The molecular weight excluding hydrogens is 526 g/mol. The first-order valence-corrected chi connectivity index (χ1v) is 10.6. The molecule has 0 N–H and O–H groups in total. The summed E-state index contributed by atoms with van der Waals surface area (Å²) in [5, 5.41) is 0. The molecule has 0 aliphatic carbocycles. The number of ether oxygens (including phenoxy) is 2. The van der Waals surface area contributed by atoms with Gasteiger partial charge in [0.2, 0.25) is 0 Å². The summed E-state index contributed by atoms with van der Waals surface area (Å²) >= 11 is 8.90. The standard InChI is InChI=1S/C10H12BrFO2S.C8H6BrFOS/c1-5-7(11)9(6(2)12)15-8(5)10(13-3)14-4;1-4-6(3-11)12-8(5(2)10)7(4)9/h10H,2H2,1,3-4H3;3H,2H2,1H3. The molecule has 0 aromatic carbocycles. The summed E-state index contributed by atoms with van der Waals surface area (Å²) in [5.74, 6) is -0.963. The number of methoxy groups -OCH3 is 2. The van der Waals surface area contributed by atoms with Crippen LogP contribution < -0.4 is 0 Å². The first-order chi connectivity index (χ1) is 12.6. The van der Waals surface area contributed by atoms with E-state index in [-0.39, 0.29) is 0 Å². The van der Waals surface area contributed by atoms with Crippen molar-refractivity contribution in [1.29, 1.82) is 0 Å². The molecule has 0 aliphatic heterocycles. The van der Waals surface area contributed by atoms with Gasteiger partial charge in [-0.2, -0.15) is 0 Å². The van der Waals surface area contributed by atoms with Gasteiger partial charge in [-0.25, -0.2) is 8.78 Å². The molecule has 9 heteroatoms. The lowest BCUT2D eigenvalue weighted by Gasteiger charge is -2.12. The lowest BCUT2D eigenvalue weighted by Crippen LogP contribution is -2.02. The van der Waals surface area contributed by atoms with E-state index < -0.39 is 17.9 Å². The van der Waals surface area contributed by atoms with Crippen LogP contribution in [0.2, 0.25) is 0 Å². The molecule has 0 radical (unpaired) electrons. The third-order valence-corrected chi connectivity index (χ3v) is 8.57. The Balaban J connectivity index is 0.000000277. The van der Waals surface area contributed by atoms with Crippen molar-refractivity contribution in [3.8, 4) is 0 Å². The van der Waals surface area contributed by atoms with Gasteiger partial charge in [0.1, 0.15) is 11.7 Å². The quantitative estimate of drug-likeness (QED) is 0.277. The molecule has 2 rings (SSSR count). The summed E-state index contributed by atoms with van der Waals surface area (Å²) in [4.78, 5) is 12.7. The number of aldehydes is 1. The van der Waals surface area contributed by atoms with Crippen LogP contribution in [-0.2, 0) is 9.47 Å². The zero-order valence-electron chi connectivity index (χ0n) is 15.1. The van der Waals surface area contributed by atoms with Crippen molar-refractivity contribution in [2.45, 2.75) is 20.1 Å². The second-order valence-electron chi connectivity index (χ2n) is 5.20. The summed E-state index contributed by atoms with van der Waals surface area (Å²) in [7, 11) is 3.09. The average Bonchev–Trinajstić information content (AvgIpc) is 3.08. The van der Waals surface area contributed by atoms with E-state index in [0.29, 0.717) is 23.6 Å². The van der Waals surface area contributed by atoms with Gasteiger partial charge in [0.25, 0.3) is 0 Å². The molecule has 0 unspecified atom stereocenters. The molecular formula is C18H18Br2F2O3S2. The number of hydrogen-bond donors (Lipinski definition) is 0. The molecule has 2 aromatic heterocycles. The van der Waals surface area contributed by atoms with E-state index in [4.69, 9.17) is 9.47 Å². The van der Waals surface area contributed by atoms with E-state index in [2.05, 4.69) is 45.0 Å². The Morgan fingerprint density at radius 2 is 1.44 bits per heavy atom. The maximum absolute atomic E-state index is 13.1. The Hall–Kier alpha value is -0.710. The van der Waals surface area contributed by atoms with Gasteiger partial charge in [-0.05, 0) is 56.8 Å². The van der Waals surface area contributed by atoms with E-state index >= 15 is 0 Å². The van der Waals surface area contributed by atoms with Gasteiger partial charge in [0.15, 0.2) is 12.6 Å². The van der Waals surface area contributed by atoms with Gasteiger partial charge in [-0.15, -0.1) is 22.7 Å². The van der Waals surface area contributed by atoms with Crippen LogP contribution in [0.1, 0.15) is 41.7 Å².